The number of halogens is 1. The quantitative estimate of drug-likeness (QED) is 0.752. The van der Waals surface area contributed by atoms with Crippen LogP contribution in [0.4, 0.5) is 0 Å². The maximum absolute atomic E-state index is 9.66. The van der Waals surface area contributed by atoms with Crippen molar-refractivity contribution in [3.63, 3.8) is 0 Å². The second kappa shape index (κ2) is 4.67. The number of nitrogens with one attached hydrogen (secondary N) is 1. The lowest BCUT2D eigenvalue weighted by Crippen LogP contribution is -2.12. The van der Waals surface area contributed by atoms with Crippen LogP contribution in [0.1, 0.15) is 30.0 Å². The summed E-state index contributed by atoms with van der Waals surface area (Å²) in [6.07, 6.45) is 2.34. The molecule has 0 spiro atoms. The topological polar surface area (TPSA) is 32.3 Å². The molecular formula is C11H16ClNO. The van der Waals surface area contributed by atoms with E-state index in [9.17, 15) is 5.11 Å². The van der Waals surface area contributed by atoms with Gasteiger partial charge in [0.15, 0.2) is 0 Å². The summed E-state index contributed by atoms with van der Waals surface area (Å²) >= 11 is 0. The molecule has 1 aliphatic heterocycles. The van der Waals surface area contributed by atoms with Crippen molar-refractivity contribution in [2.24, 2.45) is 0 Å². The van der Waals surface area contributed by atoms with E-state index in [4.69, 9.17) is 0 Å². The molecule has 1 saturated heterocycles. The van der Waals surface area contributed by atoms with E-state index >= 15 is 0 Å². The van der Waals surface area contributed by atoms with Crippen LogP contribution < -0.4 is 5.32 Å². The summed E-state index contributed by atoms with van der Waals surface area (Å²) in [6.45, 7) is 3.12. The van der Waals surface area contributed by atoms with Gasteiger partial charge < -0.3 is 10.4 Å². The molecule has 1 atom stereocenters. The van der Waals surface area contributed by atoms with Crippen molar-refractivity contribution < 1.29 is 5.11 Å². The second-order valence-corrected chi connectivity index (χ2v) is 3.71. The molecule has 1 heterocycles. The Labute approximate surface area is 90.7 Å². The zero-order valence-electron chi connectivity index (χ0n) is 8.29. The molecule has 78 valence electrons. The van der Waals surface area contributed by atoms with Gasteiger partial charge in [0, 0.05) is 11.6 Å². The second-order valence-electron chi connectivity index (χ2n) is 3.71. The Balaban J connectivity index is 0.000000980. The van der Waals surface area contributed by atoms with Gasteiger partial charge in [-0.15, -0.1) is 12.4 Å². The van der Waals surface area contributed by atoms with Gasteiger partial charge in [-0.25, -0.2) is 0 Å². The molecule has 2 N–H and O–H groups in total. The fraction of sp³-hybridized carbons (Fsp3) is 0.455. The monoisotopic (exact) mass is 213 g/mol. The standard InChI is InChI=1S/C11H15NO.ClH/c1-8-4-5-11(13)9(7-8)10-3-2-6-12-10;/h4-5,7,10,12-13H,2-3,6H2,1H3;1H/t10-;/m1./s1. The highest BCUT2D eigenvalue weighted by molar-refractivity contribution is 5.85. The van der Waals surface area contributed by atoms with Gasteiger partial charge >= 0.3 is 0 Å². The van der Waals surface area contributed by atoms with Crippen LogP contribution in [-0.4, -0.2) is 11.7 Å². The Bertz CT molecular complexity index is 308. The van der Waals surface area contributed by atoms with Crippen LogP contribution in [0.2, 0.25) is 0 Å². The SMILES string of the molecule is Cc1ccc(O)c([C@H]2CCCN2)c1.Cl. The molecule has 1 aromatic carbocycles. The van der Waals surface area contributed by atoms with Crippen molar-refractivity contribution in [2.45, 2.75) is 25.8 Å². The highest BCUT2D eigenvalue weighted by Crippen LogP contribution is 2.30. The van der Waals surface area contributed by atoms with Gasteiger partial charge in [0.2, 0.25) is 0 Å². The summed E-state index contributed by atoms with van der Waals surface area (Å²) in [5.41, 5.74) is 2.26. The molecule has 0 bridgehead atoms. The number of aromatic hydroxyl groups is 1. The van der Waals surface area contributed by atoms with E-state index in [0.717, 1.165) is 18.5 Å². The lowest BCUT2D eigenvalue weighted by atomic mass is 10.0. The van der Waals surface area contributed by atoms with Gasteiger partial charge in [-0.2, -0.15) is 0 Å². The fourth-order valence-corrected chi connectivity index (χ4v) is 1.90. The molecule has 2 rings (SSSR count). The third-order valence-electron chi connectivity index (χ3n) is 2.62. The summed E-state index contributed by atoms with van der Waals surface area (Å²) < 4.78 is 0. The minimum atomic E-state index is 0. The van der Waals surface area contributed by atoms with Crippen molar-refractivity contribution in [3.8, 4) is 5.75 Å². The number of phenolic OH excluding ortho intramolecular Hbond substituents is 1. The van der Waals surface area contributed by atoms with Gasteiger partial charge in [0.05, 0.1) is 0 Å². The Morgan fingerprint density at radius 2 is 2.21 bits per heavy atom. The highest BCUT2D eigenvalue weighted by Gasteiger charge is 2.18. The molecule has 0 amide bonds. The van der Waals surface area contributed by atoms with E-state index in [2.05, 4.69) is 18.3 Å². The predicted octanol–water partition coefficient (Wildman–Crippen LogP) is 2.55. The predicted molar refractivity (Wildman–Crippen MR) is 60.1 cm³/mol. The largest absolute Gasteiger partial charge is 0.508 e. The van der Waals surface area contributed by atoms with Gasteiger partial charge in [0.1, 0.15) is 5.75 Å². The third kappa shape index (κ3) is 2.20. The number of hydrogen-bond donors (Lipinski definition) is 2. The van der Waals surface area contributed by atoms with E-state index in [1.54, 1.807) is 6.07 Å². The number of benzene rings is 1. The number of hydrogen-bond acceptors (Lipinski definition) is 2. The third-order valence-corrected chi connectivity index (χ3v) is 2.62. The average molecular weight is 214 g/mol. The van der Waals surface area contributed by atoms with Crippen LogP contribution in [0, 0.1) is 6.92 Å². The van der Waals surface area contributed by atoms with Crippen molar-refractivity contribution in [1.29, 1.82) is 0 Å². The molecule has 3 heteroatoms. The molecular weight excluding hydrogens is 198 g/mol. The van der Waals surface area contributed by atoms with Gasteiger partial charge in [-0.05, 0) is 32.4 Å². The van der Waals surface area contributed by atoms with Crippen molar-refractivity contribution in [2.75, 3.05) is 6.54 Å². The number of aryl methyl sites for hydroxylation is 1. The van der Waals surface area contributed by atoms with Gasteiger partial charge in [0.25, 0.3) is 0 Å². The van der Waals surface area contributed by atoms with E-state index in [0.29, 0.717) is 11.8 Å². The lowest BCUT2D eigenvalue weighted by molar-refractivity contribution is 0.457. The Hall–Kier alpha value is -0.730. The van der Waals surface area contributed by atoms with E-state index in [1.165, 1.54) is 12.0 Å². The molecule has 0 unspecified atom stereocenters. The maximum Gasteiger partial charge on any atom is 0.120 e. The number of rotatable bonds is 1. The molecule has 14 heavy (non-hydrogen) atoms. The Kier molecular flexibility index (Phi) is 3.78. The van der Waals surface area contributed by atoms with Crippen molar-refractivity contribution in [3.05, 3.63) is 29.3 Å². The minimum Gasteiger partial charge on any atom is -0.508 e. The van der Waals surface area contributed by atoms with E-state index in [-0.39, 0.29) is 12.4 Å². The molecule has 0 aliphatic carbocycles. The van der Waals surface area contributed by atoms with E-state index in [1.807, 2.05) is 6.07 Å². The Morgan fingerprint density at radius 3 is 2.86 bits per heavy atom. The highest BCUT2D eigenvalue weighted by atomic mass is 35.5. The minimum absolute atomic E-state index is 0. The first-order valence-electron chi connectivity index (χ1n) is 4.80. The van der Waals surface area contributed by atoms with Crippen LogP contribution in [0.3, 0.4) is 0 Å². The molecule has 1 fully saturated rings. The molecule has 1 aliphatic rings. The zero-order chi connectivity index (χ0) is 9.26. The van der Waals surface area contributed by atoms with Gasteiger partial charge in [-0.1, -0.05) is 17.7 Å². The zero-order valence-corrected chi connectivity index (χ0v) is 9.10. The van der Waals surface area contributed by atoms with Crippen LogP contribution >= 0.6 is 12.4 Å². The summed E-state index contributed by atoms with van der Waals surface area (Å²) in [5, 5.41) is 13.0. The van der Waals surface area contributed by atoms with Gasteiger partial charge in [-0.3, -0.25) is 0 Å². The van der Waals surface area contributed by atoms with E-state index < -0.39 is 0 Å². The normalized spacial score (nSPS) is 20.5. The van der Waals surface area contributed by atoms with Crippen LogP contribution in [-0.2, 0) is 0 Å². The molecule has 0 aromatic heterocycles. The first-order valence-corrected chi connectivity index (χ1v) is 4.80. The molecule has 0 radical (unpaired) electrons. The average Bonchev–Trinajstić information content (AvgIpc) is 2.61. The molecule has 1 aromatic rings. The first kappa shape index (κ1) is 11.3. The molecule has 2 nitrogen and oxygen atoms in total. The van der Waals surface area contributed by atoms with Crippen LogP contribution in [0.15, 0.2) is 18.2 Å². The summed E-state index contributed by atoms with van der Waals surface area (Å²) in [7, 11) is 0. The fourth-order valence-electron chi connectivity index (χ4n) is 1.90. The number of phenols is 1. The lowest BCUT2D eigenvalue weighted by Gasteiger charge is -2.12. The first-order chi connectivity index (χ1) is 6.27. The smallest absolute Gasteiger partial charge is 0.120 e. The maximum atomic E-state index is 9.66. The Morgan fingerprint density at radius 1 is 1.43 bits per heavy atom. The van der Waals surface area contributed by atoms with Crippen molar-refractivity contribution in [1.82, 2.24) is 5.32 Å². The molecule has 0 saturated carbocycles. The van der Waals surface area contributed by atoms with Crippen molar-refractivity contribution >= 4 is 12.4 Å². The summed E-state index contributed by atoms with van der Waals surface area (Å²) in [4.78, 5) is 0. The summed E-state index contributed by atoms with van der Waals surface area (Å²) in [5.74, 6) is 0.421. The summed E-state index contributed by atoms with van der Waals surface area (Å²) in [6, 6.07) is 6.15. The van der Waals surface area contributed by atoms with Crippen LogP contribution in [0.25, 0.3) is 0 Å². The van der Waals surface area contributed by atoms with Crippen LogP contribution in [0.5, 0.6) is 5.75 Å².